The van der Waals surface area contributed by atoms with Gasteiger partial charge in [-0.25, -0.2) is 0 Å². The zero-order chi connectivity index (χ0) is 12.7. The number of methoxy groups -OCH3 is 1. The molecule has 0 spiro atoms. The molecule has 1 aromatic rings. The molecule has 6 nitrogen and oxygen atoms in total. The molecule has 0 fully saturated rings. The summed E-state index contributed by atoms with van der Waals surface area (Å²) in [6, 6.07) is 2.03. The first kappa shape index (κ1) is 13.5. The summed E-state index contributed by atoms with van der Waals surface area (Å²) in [7, 11) is 1.58. The van der Waals surface area contributed by atoms with Crippen molar-refractivity contribution in [3.05, 3.63) is 10.6 Å². The number of nitriles is 1. The van der Waals surface area contributed by atoms with Gasteiger partial charge in [-0.15, -0.1) is 5.10 Å². The first-order valence-electron chi connectivity index (χ1n) is 5.14. The third kappa shape index (κ3) is 3.76. The van der Waals surface area contributed by atoms with Crippen LogP contribution in [0.1, 0.15) is 21.8 Å². The van der Waals surface area contributed by atoms with Crippen LogP contribution in [0.15, 0.2) is 0 Å². The summed E-state index contributed by atoms with van der Waals surface area (Å²) in [5.41, 5.74) is 0.624. The molecule has 17 heavy (non-hydrogen) atoms. The lowest BCUT2D eigenvalue weighted by Gasteiger charge is -2.20. The average Bonchev–Trinajstić information content (AvgIpc) is 2.75. The third-order valence-corrected chi connectivity index (χ3v) is 3.01. The van der Waals surface area contributed by atoms with Gasteiger partial charge in [0, 0.05) is 20.2 Å². The average molecular weight is 254 g/mol. The molecule has 0 saturated carbocycles. The Morgan fingerprint density at radius 3 is 2.88 bits per heavy atom. The number of aromatic nitrogens is 2. The molecule has 0 saturated heterocycles. The summed E-state index contributed by atoms with van der Waals surface area (Å²) in [6.07, 6.45) is 0.306. The van der Waals surface area contributed by atoms with Crippen LogP contribution in [0.25, 0.3) is 0 Å². The fourth-order valence-electron chi connectivity index (χ4n) is 1.27. The predicted octanol–water partition coefficient (Wildman–Crippen LogP) is 0.849. The van der Waals surface area contributed by atoms with Crippen LogP contribution < -0.4 is 0 Å². The Bertz CT molecular complexity index is 413. The van der Waals surface area contributed by atoms with E-state index in [9.17, 15) is 4.79 Å². The molecule has 0 radical (unpaired) electrons. The van der Waals surface area contributed by atoms with Crippen molar-refractivity contribution in [1.29, 1.82) is 5.26 Å². The molecule has 1 heterocycles. The zero-order valence-electron chi connectivity index (χ0n) is 9.84. The van der Waals surface area contributed by atoms with Gasteiger partial charge in [0.25, 0.3) is 5.91 Å². The Morgan fingerprint density at radius 2 is 2.35 bits per heavy atom. The van der Waals surface area contributed by atoms with Gasteiger partial charge in [-0.3, -0.25) is 4.79 Å². The van der Waals surface area contributed by atoms with Crippen LogP contribution in [0, 0.1) is 18.3 Å². The maximum Gasteiger partial charge on any atom is 0.267 e. The summed E-state index contributed by atoms with van der Waals surface area (Å²) < 4.78 is 8.68. The summed E-state index contributed by atoms with van der Waals surface area (Å²) >= 11 is 1.08. The van der Waals surface area contributed by atoms with Crippen molar-refractivity contribution >= 4 is 17.4 Å². The fourth-order valence-corrected chi connectivity index (χ4v) is 1.90. The number of amides is 1. The first-order chi connectivity index (χ1) is 8.20. The highest BCUT2D eigenvalue weighted by Crippen LogP contribution is 2.12. The van der Waals surface area contributed by atoms with Crippen LogP contribution in [0.5, 0.6) is 0 Å². The fraction of sp³-hybridized carbons (Fsp3) is 0.600. The number of carbonyl (C=O) groups is 1. The van der Waals surface area contributed by atoms with E-state index in [2.05, 4.69) is 9.59 Å². The molecule has 0 aliphatic heterocycles. The monoisotopic (exact) mass is 254 g/mol. The van der Waals surface area contributed by atoms with Gasteiger partial charge >= 0.3 is 0 Å². The van der Waals surface area contributed by atoms with E-state index in [1.165, 1.54) is 0 Å². The van der Waals surface area contributed by atoms with E-state index < -0.39 is 0 Å². The third-order valence-electron chi connectivity index (χ3n) is 2.19. The Labute approximate surface area is 104 Å². The maximum absolute atomic E-state index is 12.1. The van der Waals surface area contributed by atoms with Gasteiger partial charge in [0.05, 0.1) is 24.8 Å². The van der Waals surface area contributed by atoms with Crippen molar-refractivity contribution in [1.82, 2.24) is 14.5 Å². The van der Waals surface area contributed by atoms with Gasteiger partial charge in [0.1, 0.15) is 4.88 Å². The molecule has 1 amide bonds. The van der Waals surface area contributed by atoms with E-state index in [0.29, 0.717) is 36.7 Å². The standard InChI is InChI=1S/C10H14N4O2S/c1-8-9(17-13-12-8)10(15)14(5-3-4-11)6-7-16-2/h3,5-7H2,1-2H3. The normalized spacial score (nSPS) is 9.94. The minimum atomic E-state index is -0.134. The summed E-state index contributed by atoms with van der Waals surface area (Å²) in [6.45, 7) is 3.06. The van der Waals surface area contributed by atoms with Crippen molar-refractivity contribution in [2.24, 2.45) is 0 Å². The minimum absolute atomic E-state index is 0.134. The molecule has 0 aliphatic rings. The number of hydrogen-bond donors (Lipinski definition) is 0. The van der Waals surface area contributed by atoms with Gasteiger partial charge in [-0.2, -0.15) is 5.26 Å². The van der Waals surface area contributed by atoms with E-state index in [1.807, 2.05) is 6.07 Å². The molecule has 7 heteroatoms. The number of aryl methyl sites for hydroxylation is 1. The second kappa shape index (κ2) is 6.93. The lowest BCUT2D eigenvalue weighted by atomic mass is 10.3. The van der Waals surface area contributed by atoms with Gasteiger partial charge in [-0.05, 0) is 18.5 Å². The molecule has 0 atom stereocenters. The summed E-state index contributed by atoms with van der Waals surface area (Å²) in [5.74, 6) is -0.134. The van der Waals surface area contributed by atoms with Crippen molar-refractivity contribution in [3.63, 3.8) is 0 Å². The smallest absolute Gasteiger partial charge is 0.267 e. The van der Waals surface area contributed by atoms with E-state index in [1.54, 1.807) is 18.9 Å². The summed E-state index contributed by atoms with van der Waals surface area (Å²) in [4.78, 5) is 14.2. The van der Waals surface area contributed by atoms with Crippen LogP contribution in [0.2, 0.25) is 0 Å². The van der Waals surface area contributed by atoms with Gasteiger partial charge in [-0.1, -0.05) is 4.49 Å². The molecular weight excluding hydrogens is 240 g/mol. The zero-order valence-corrected chi connectivity index (χ0v) is 10.7. The van der Waals surface area contributed by atoms with Crippen LogP contribution in [-0.2, 0) is 4.74 Å². The Balaban J connectivity index is 2.72. The molecule has 0 aromatic carbocycles. The van der Waals surface area contributed by atoms with Gasteiger partial charge in [0.15, 0.2) is 0 Å². The number of rotatable bonds is 6. The largest absolute Gasteiger partial charge is 0.383 e. The van der Waals surface area contributed by atoms with E-state index in [0.717, 1.165) is 11.5 Å². The van der Waals surface area contributed by atoms with Crippen LogP contribution in [0.3, 0.4) is 0 Å². The minimum Gasteiger partial charge on any atom is -0.383 e. The van der Waals surface area contributed by atoms with E-state index in [4.69, 9.17) is 10.00 Å². The molecule has 1 rings (SSSR count). The van der Waals surface area contributed by atoms with Gasteiger partial charge < -0.3 is 9.64 Å². The second-order valence-electron chi connectivity index (χ2n) is 3.38. The highest BCUT2D eigenvalue weighted by Gasteiger charge is 2.19. The second-order valence-corrected chi connectivity index (χ2v) is 4.13. The Morgan fingerprint density at radius 1 is 1.59 bits per heavy atom. The topological polar surface area (TPSA) is 79.1 Å². The quantitative estimate of drug-likeness (QED) is 0.752. The van der Waals surface area contributed by atoms with E-state index in [-0.39, 0.29) is 5.91 Å². The van der Waals surface area contributed by atoms with Crippen molar-refractivity contribution in [3.8, 4) is 6.07 Å². The molecule has 1 aromatic heterocycles. The van der Waals surface area contributed by atoms with Crippen molar-refractivity contribution in [2.75, 3.05) is 26.8 Å². The SMILES string of the molecule is COCCN(CCC#N)C(=O)c1snnc1C. The van der Waals surface area contributed by atoms with Crippen LogP contribution in [-0.4, -0.2) is 47.2 Å². The molecule has 0 N–H and O–H groups in total. The molecule has 0 bridgehead atoms. The number of nitrogens with zero attached hydrogens (tertiary/aromatic N) is 4. The Hall–Kier alpha value is -1.52. The number of carbonyl (C=O) groups excluding carboxylic acids is 1. The van der Waals surface area contributed by atoms with Crippen LogP contribution in [0.4, 0.5) is 0 Å². The number of ether oxygens (including phenoxy) is 1. The first-order valence-corrected chi connectivity index (χ1v) is 5.92. The number of hydrogen-bond acceptors (Lipinski definition) is 6. The predicted molar refractivity (Wildman–Crippen MR) is 62.7 cm³/mol. The van der Waals surface area contributed by atoms with Crippen molar-refractivity contribution < 1.29 is 9.53 Å². The highest BCUT2D eigenvalue weighted by molar-refractivity contribution is 7.07. The lowest BCUT2D eigenvalue weighted by molar-refractivity contribution is 0.0703. The lowest BCUT2D eigenvalue weighted by Crippen LogP contribution is -2.34. The molecule has 0 unspecified atom stereocenters. The molecule has 92 valence electrons. The molecule has 0 aliphatic carbocycles. The summed E-state index contributed by atoms with van der Waals surface area (Å²) in [5, 5.41) is 12.4. The van der Waals surface area contributed by atoms with E-state index >= 15 is 0 Å². The van der Waals surface area contributed by atoms with Crippen LogP contribution >= 0.6 is 11.5 Å². The van der Waals surface area contributed by atoms with Gasteiger partial charge in [0.2, 0.25) is 0 Å². The Kier molecular flexibility index (Phi) is 5.52. The molecular formula is C10H14N4O2S. The van der Waals surface area contributed by atoms with Crippen molar-refractivity contribution in [2.45, 2.75) is 13.3 Å². The highest BCUT2D eigenvalue weighted by atomic mass is 32.1. The maximum atomic E-state index is 12.1.